The van der Waals surface area contributed by atoms with Gasteiger partial charge in [-0.05, 0) is 42.8 Å². The Morgan fingerprint density at radius 1 is 1.19 bits per heavy atom. The van der Waals surface area contributed by atoms with E-state index in [0.717, 1.165) is 47.6 Å². The van der Waals surface area contributed by atoms with Crippen LogP contribution in [-0.2, 0) is 11.3 Å². The van der Waals surface area contributed by atoms with Gasteiger partial charge in [0, 0.05) is 16.5 Å². The van der Waals surface area contributed by atoms with E-state index in [1.54, 1.807) is 16.3 Å². The Balaban J connectivity index is 1.81. The van der Waals surface area contributed by atoms with Gasteiger partial charge in [-0.1, -0.05) is 43.5 Å². The molecule has 4 nitrogen and oxygen atoms in total. The van der Waals surface area contributed by atoms with Crippen LogP contribution in [0.3, 0.4) is 0 Å². The number of carbonyl (C=O) groups is 1. The number of carbonyl (C=O) groups excluding carboxylic acids is 1. The van der Waals surface area contributed by atoms with Gasteiger partial charge in [0.1, 0.15) is 0 Å². The van der Waals surface area contributed by atoms with E-state index in [1.807, 2.05) is 6.07 Å². The fraction of sp³-hybridized carbons (Fsp3) is 0.364. The van der Waals surface area contributed by atoms with Crippen molar-refractivity contribution in [2.45, 2.75) is 51.6 Å². The van der Waals surface area contributed by atoms with Crippen LogP contribution in [0.1, 0.15) is 42.5 Å². The van der Waals surface area contributed by atoms with Gasteiger partial charge >= 0.3 is 0 Å². The standard InChI is InChI=1S/C22H25N3OS/c1-17-14-24(15-19-10-7-13-27-19)21-12-6-5-11-20(21)22(17)23-25(16-26)18-8-3-2-4-9-18/h5-7,10-14,16,18H,2-4,8-9,15H2,1H3/b23-22+. The predicted molar refractivity (Wildman–Crippen MR) is 110 cm³/mol. The second-order valence-corrected chi connectivity index (χ2v) is 8.29. The zero-order valence-electron chi connectivity index (χ0n) is 15.7. The molecule has 27 heavy (non-hydrogen) atoms. The topological polar surface area (TPSA) is 37.6 Å². The number of pyridine rings is 1. The van der Waals surface area contributed by atoms with Crippen LogP contribution in [0.15, 0.2) is 53.1 Å². The second kappa shape index (κ2) is 8.09. The van der Waals surface area contributed by atoms with E-state index in [2.05, 4.69) is 53.4 Å². The third kappa shape index (κ3) is 3.83. The second-order valence-electron chi connectivity index (χ2n) is 7.26. The van der Waals surface area contributed by atoms with Crippen molar-refractivity contribution in [3.05, 3.63) is 63.8 Å². The highest BCUT2D eigenvalue weighted by molar-refractivity contribution is 7.09. The van der Waals surface area contributed by atoms with Crippen LogP contribution in [0, 0.1) is 6.92 Å². The summed E-state index contributed by atoms with van der Waals surface area (Å²) in [4.78, 5) is 13.1. The first-order valence-corrected chi connectivity index (χ1v) is 10.5. The minimum absolute atomic E-state index is 0.230. The lowest BCUT2D eigenvalue weighted by molar-refractivity contribution is -0.121. The number of benzene rings is 1. The Hall–Kier alpha value is -2.40. The first kappa shape index (κ1) is 18.0. The monoisotopic (exact) mass is 379 g/mol. The molecule has 2 heterocycles. The fourth-order valence-corrected chi connectivity index (χ4v) is 4.69. The summed E-state index contributed by atoms with van der Waals surface area (Å²) in [6.45, 7) is 2.93. The third-order valence-corrected chi connectivity index (χ3v) is 6.23. The molecule has 1 fully saturated rings. The molecular formula is C22H25N3OS. The highest BCUT2D eigenvalue weighted by Crippen LogP contribution is 2.22. The number of fused-ring (bicyclic) bond motifs is 1. The third-order valence-electron chi connectivity index (χ3n) is 5.37. The molecule has 0 bridgehead atoms. The maximum atomic E-state index is 11.8. The summed E-state index contributed by atoms with van der Waals surface area (Å²) in [7, 11) is 0. The van der Waals surface area contributed by atoms with Crippen molar-refractivity contribution in [1.82, 2.24) is 9.58 Å². The summed E-state index contributed by atoms with van der Waals surface area (Å²) in [5.41, 5.74) is 2.23. The molecule has 140 valence electrons. The Kier molecular flexibility index (Phi) is 5.39. The van der Waals surface area contributed by atoms with Crippen molar-refractivity contribution in [3.8, 4) is 0 Å². The summed E-state index contributed by atoms with van der Waals surface area (Å²) in [5.74, 6) is 0. The minimum Gasteiger partial charge on any atom is -0.342 e. The Labute approximate surface area is 163 Å². The van der Waals surface area contributed by atoms with Gasteiger partial charge in [0.25, 0.3) is 0 Å². The average molecular weight is 380 g/mol. The van der Waals surface area contributed by atoms with E-state index in [9.17, 15) is 4.79 Å². The first-order valence-electron chi connectivity index (χ1n) is 9.65. The molecule has 0 N–H and O–H groups in total. The molecule has 0 atom stereocenters. The van der Waals surface area contributed by atoms with E-state index in [0.29, 0.717) is 0 Å². The van der Waals surface area contributed by atoms with Gasteiger partial charge in [0.15, 0.2) is 0 Å². The number of hydrogen-bond acceptors (Lipinski definition) is 3. The maximum absolute atomic E-state index is 11.8. The first-order chi connectivity index (χ1) is 13.3. The van der Waals surface area contributed by atoms with Crippen LogP contribution in [0.2, 0.25) is 0 Å². The summed E-state index contributed by atoms with van der Waals surface area (Å²) >= 11 is 1.77. The lowest BCUT2D eigenvalue weighted by Crippen LogP contribution is -2.34. The molecule has 0 aliphatic heterocycles. The van der Waals surface area contributed by atoms with Crippen molar-refractivity contribution >= 4 is 28.6 Å². The van der Waals surface area contributed by atoms with E-state index in [4.69, 9.17) is 5.10 Å². The molecule has 0 spiro atoms. The van der Waals surface area contributed by atoms with Crippen molar-refractivity contribution in [3.63, 3.8) is 0 Å². The van der Waals surface area contributed by atoms with Crippen LogP contribution in [-0.4, -0.2) is 22.0 Å². The lowest BCUT2D eigenvalue weighted by Gasteiger charge is -2.27. The molecule has 1 aliphatic carbocycles. The average Bonchev–Trinajstić information content (AvgIpc) is 3.22. The molecular weight excluding hydrogens is 354 g/mol. The van der Waals surface area contributed by atoms with Crippen molar-refractivity contribution < 1.29 is 4.79 Å². The Morgan fingerprint density at radius 3 is 2.74 bits per heavy atom. The van der Waals surface area contributed by atoms with Gasteiger partial charge in [-0.25, -0.2) is 5.01 Å². The van der Waals surface area contributed by atoms with E-state index >= 15 is 0 Å². The summed E-state index contributed by atoms with van der Waals surface area (Å²) in [6.07, 6.45) is 8.77. The van der Waals surface area contributed by atoms with Gasteiger partial charge in [-0.3, -0.25) is 4.79 Å². The molecule has 5 heteroatoms. The lowest BCUT2D eigenvalue weighted by atomic mass is 9.95. The summed E-state index contributed by atoms with van der Waals surface area (Å²) in [6, 6.07) is 12.8. The minimum atomic E-state index is 0.230. The summed E-state index contributed by atoms with van der Waals surface area (Å²) < 4.78 is 2.28. The number of nitrogens with zero attached hydrogens (tertiary/aromatic N) is 3. The molecule has 0 unspecified atom stereocenters. The number of para-hydroxylation sites is 1. The smallest absolute Gasteiger partial charge is 0.230 e. The van der Waals surface area contributed by atoms with Crippen LogP contribution < -0.4 is 5.36 Å². The largest absolute Gasteiger partial charge is 0.342 e. The van der Waals surface area contributed by atoms with Gasteiger partial charge in [0.2, 0.25) is 6.41 Å². The van der Waals surface area contributed by atoms with Crippen molar-refractivity contribution in [2.24, 2.45) is 5.10 Å². The Bertz CT molecular complexity index is 984. The van der Waals surface area contributed by atoms with Crippen molar-refractivity contribution in [1.29, 1.82) is 0 Å². The molecule has 2 aromatic heterocycles. The van der Waals surface area contributed by atoms with Crippen LogP contribution >= 0.6 is 11.3 Å². The molecule has 1 amide bonds. The van der Waals surface area contributed by atoms with Gasteiger partial charge in [-0.15, -0.1) is 11.3 Å². The fourth-order valence-electron chi connectivity index (χ4n) is 3.99. The number of thiophene rings is 1. The zero-order valence-corrected chi connectivity index (χ0v) is 16.5. The number of aromatic nitrogens is 1. The van der Waals surface area contributed by atoms with Gasteiger partial charge < -0.3 is 4.57 Å². The maximum Gasteiger partial charge on any atom is 0.230 e. The van der Waals surface area contributed by atoms with Crippen molar-refractivity contribution in [2.75, 3.05) is 0 Å². The highest BCUT2D eigenvalue weighted by atomic mass is 32.1. The number of aryl methyl sites for hydroxylation is 1. The molecule has 0 radical (unpaired) electrons. The molecule has 1 aromatic carbocycles. The van der Waals surface area contributed by atoms with Crippen LogP contribution in [0.25, 0.3) is 10.9 Å². The highest BCUT2D eigenvalue weighted by Gasteiger charge is 2.20. The normalized spacial score (nSPS) is 16.0. The summed E-state index contributed by atoms with van der Waals surface area (Å²) in [5, 5.41) is 10.6. The number of rotatable bonds is 5. The van der Waals surface area contributed by atoms with E-state index in [-0.39, 0.29) is 6.04 Å². The SMILES string of the molecule is Cc1cn(Cc2cccs2)c2ccccc2/c1=N/N(C=O)C1CCCCC1. The zero-order chi connectivity index (χ0) is 18.6. The van der Waals surface area contributed by atoms with Gasteiger partial charge in [-0.2, -0.15) is 5.10 Å². The molecule has 0 saturated heterocycles. The molecule has 4 rings (SSSR count). The molecule has 1 saturated carbocycles. The molecule has 3 aromatic rings. The van der Waals surface area contributed by atoms with Crippen LogP contribution in [0.4, 0.5) is 0 Å². The van der Waals surface area contributed by atoms with E-state index < -0.39 is 0 Å². The van der Waals surface area contributed by atoms with E-state index in [1.165, 1.54) is 24.1 Å². The van der Waals surface area contributed by atoms with Crippen LogP contribution in [0.5, 0.6) is 0 Å². The number of amides is 1. The van der Waals surface area contributed by atoms with Gasteiger partial charge in [0.05, 0.1) is 23.5 Å². The predicted octanol–water partition coefficient (Wildman–Crippen LogP) is 4.67. The number of hydrogen-bond donors (Lipinski definition) is 0. The molecule has 1 aliphatic rings. The Morgan fingerprint density at radius 2 is 2.00 bits per heavy atom. The quantitative estimate of drug-likeness (QED) is 0.469.